The third kappa shape index (κ3) is 4.88. The van der Waals surface area contributed by atoms with Gasteiger partial charge in [-0.1, -0.05) is 19.4 Å². The molecule has 1 heterocycles. The Bertz CT molecular complexity index is 893. The van der Waals surface area contributed by atoms with Gasteiger partial charge in [-0.15, -0.1) is 0 Å². The Morgan fingerprint density at radius 3 is 2.39 bits per heavy atom. The molecule has 4 nitrogen and oxygen atoms in total. The predicted octanol–water partition coefficient (Wildman–Crippen LogP) is 5.81. The predicted molar refractivity (Wildman–Crippen MR) is 95.6 cm³/mol. The molecule has 28 heavy (non-hydrogen) atoms. The number of aromatic nitrogens is 3. The molecule has 148 valence electrons. The van der Waals surface area contributed by atoms with E-state index >= 15 is 0 Å². The lowest BCUT2D eigenvalue weighted by atomic mass is 9.90. The molecule has 0 spiro atoms. The molecule has 1 atom stereocenters. The molecule has 0 radical (unpaired) electrons. The van der Waals surface area contributed by atoms with Gasteiger partial charge in [-0.2, -0.15) is 18.3 Å². The van der Waals surface area contributed by atoms with E-state index in [0.29, 0.717) is 13.0 Å². The number of rotatable bonds is 7. The van der Waals surface area contributed by atoms with Crippen molar-refractivity contribution in [2.24, 2.45) is 0 Å². The molecule has 0 saturated carbocycles. The van der Waals surface area contributed by atoms with Gasteiger partial charge in [0, 0.05) is 12.5 Å². The van der Waals surface area contributed by atoms with E-state index in [1.54, 1.807) is 0 Å². The summed E-state index contributed by atoms with van der Waals surface area (Å²) in [6.45, 7) is 2.22. The highest BCUT2D eigenvalue weighted by Gasteiger charge is 2.36. The molecule has 8 heteroatoms. The van der Waals surface area contributed by atoms with Crippen LogP contribution >= 0.6 is 0 Å². The topological polar surface area (TPSA) is 39.9 Å². The summed E-state index contributed by atoms with van der Waals surface area (Å²) in [6, 6.07) is 9.02. The van der Waals surface area contributed by atoms with Gasteiger partial charge < -0.3 is 4.74 Å². The standard InChI is InChI=1S/C20H19F4N3O/c1-2-3-14(11-27-13-25-12-26-27)18-9-8-17(10-19(18)20(22,23)24)28-16-6-4-15(21)5-7-16/h4-10,12-14H,2-3,11H2,1H3. The summed E-state index contributed by atoms with van der Waals surface area (Å²) in [6.07, 6.45) is -0.396. The average molecular weight is 393 g/mol. The number of halogens is 4. The van der Waals surface area contributed by atoms with Crippen LogP contribution in [0.3, 0.4) is 0 Å². The average Bonchev–Trinajstić information content (AvgIpc) is 3.16. The van der Waals surface area contributed by atoms with Crippen molar-refractivity contribution in [2.45, 2.75) is 38.4 Å². The summed E-state index contributed by atoms with van der Waals surface area (Å²) in [5.74, 6) is -0.522. The first kappa shape index (κ1) is 19.9. The molecule has 2 aromatic carbocycles. The Labute approximate surface area is 159 Å². The minimum atomic E-state index is -4.54. The van der Waals surface area contributed by atoms with E-state index in [1.807, 2.05) is 6.92 Å². The van der Waals surface area contributed by atoms with E-state index in [9.17, 15) is 17.6 Å². The molecular weight excluding hydrogens is 374 g/mol. The second-order valence-corrected chi connectivity index (χ2v) is 6.41. The number of alkyl halides is 3. The van der Waals surface area contributed by atoms with Crippen LogP contribution in [-0.2, 0) is 12.7 Å². The molecule has 0 amide bonds. The first-order valence-corrected chi connectivity index (χ1v) is 8.83. The quantitative estimate of drug-likeness (QED) is 0.476. The summed E-state index contributed by atoms with van der Waals surface area (Å²) in [5.41, 5.74) is -0.554. The van der Waals surface area contributed by atoms with Crippen molar-refractivity contribution in [3.63, 3.8) is 0 Å². The highest BCUT2D eigenvalue weighted by molar-refractivity contribution is 5.41. The van der Waals surface area contributed by atoms with Crippen LogP contribution in [0.4, 0.5) is 17.6 Å². The highest BCUT2D eigenvalue weighted by atomic mass is 19.4. The van der Waals surface area contributed by atoms with Gasteiger partial charge in [0.05, 0.1) is 5.56 Å². The normalized spacial score (nSPS) is 12.8. The molecule has 3 aromatic rings. The number of hydrogen-bond donors (Lipinski definition) is 0. The Kier molecular flexibility index (Phi) is 5.96. The zero-order chi connectivity index (χ0) is 20.1. The molecule has 1 aromatic heterocycles. The number of nitrogens with zero attached hydrogens (tertiary/aromatic N) is 3. The van der Waals surface area contributed by atoms with Crippen molar-refractivity contribution in [3.8, 4) is 11.5 Å². The number of hydrogen-bond acceptors (Lipinski definition) is 3. The third-order valence-corrected chi connectivity index (χ3v) is 4.33. The molecule has 0 saturated heterocycles. The van der Waals surface area contributed by atoms with Gasteiger partial charge in [0.1, 0.15) is 30.0 Å². The summed E-state index contributed by atoms with van der Waals surface area (Å²) >= 11 is 0. The SMILES string of the molecule is CCCC(Cn1cncn1)c1ccc(Oc2ccc(F)cc2)cc1C(F)(F)F. The fourth-order valence-corrected chi connectivity index (χ4v) is 3.09. The van der Waals surface area contributed by atoms with Crippen LogP contribution < -0.4 is 4.74 Å². The molecular formula is C20H19F4N3O. The molecule has 0 aliphatic carbocycles. The molecule has 0 N–H and O–H groups in total. The summed E-state index contributed by atoms with van der Waals surface area (Å²) in [7, 11) is 0. The van der Waals surface area contributed by atoms with Gasteiger partial charge in [0.15, 0.2) is 0 Å². The fourth-order valence-electron chi connectivity index (χ4n) is 3.09. The van der Waals surface area contributed by atoms with Gasteiger partial charge in [0.2, 0.25) is 0 Å². The van der Waals surface area contributed by atoms with Crippen LogP contribution in [0.2, 0.25) is 0 Å². The van der Waals surface area contributed by atoms with E-state index in [-0.39, 0.29) is 23.0 Å². The zero-order valence-electron chi connectivity index (χ0n) is 15.2. The lowest BCUT2D eigenvalue weighted by Crippen LogP contribution is -2.16. The number of ether oxygens (including phenoxy) is 1. The van der Waals surface area contributed by atoms with Crippen molar-refractivity contribution in [3.05, 3.63) is 72.1 Å². The second-order valence-electron chi connectivity index (χ2n) is 6.41. The Hall–Kier alpha value is -2.90. The van der Waals surface area contributed by atoms with E-state index in [2.05, 4.69) is 10.1 Å². The van der Waals surface area contributed by atoms with E-state index in [1.165, 1.54) is 53.7 Å². The first-order valence-electron chi connectivity index (χ1n) is 8.83. The Morgan fingerprint density at radius 2 is 1.79 bits per heavy atom. The summed E-state index contributed by atoms with van der Waals surface area (Å²) in [4.78, 5) is 3.85. The van der Waals surface area contributed by atoms with Gasteiger partial charge in [-0.3, -0.25) is 4.68 Å². The lowest BCUT2D eigenvalue weighted by Gasteiger charge is -2.22. The Balaban J connectivity index is 1.94. The van der Waals surface area contributed by atoms with Crippen molar-refractivity contribution < 1.29 is 22.3 Å². The molecule has 0 aliphatic heterocycles. The van der Waals surface area contributed by atoms with Crippen LogP contribution in [0.15, 0.2) is 55.1 Å². The Morgan fingerprint density at radius 1 is 1.07 bits per heavy atom. The zero-order valence-corrected chi connectivity index (χ0v) is 15.2. The van der Waals surface area contributed by atoms with Gasteiger partial charge in [-0.25, -0.2) is 9.37 Å². The second kappa shape index (κ2) is 8.41. The molecule has 3 rings (SSSR count). The maximum Gasteiger partial charge on any atom is 0.416 e. The van der Waals surface area contributed by atoms with Gasteiger partial charge in [0.25, 0.3) is 0 Å². The van der Waals surface area contributed by atoms with E-state index in [4.69, 9.17) is 4.74 Å². The van der Waals surface area contributed by atoms with Crippen LogP contribution in [0, 0.1) is 5.82 Å². The van der Waals surface area contributed by atoms with Crippen LogP contribution in [0.1, 0.15) is 36.8 Å². The monoisotopic (exact) mass is 393 g/mol. The first-order chi connectivity index (χ1) is 13.4. The van der Waals surface area contributed by atoms with E-state index < -0.39 is 17.6 Å². The molecule has 0 bridgehead atoms. The minimum Gasteiger partial charge on any atom is -0.457 e. The van der Waals surface area contributed by atoms with Crippen LogP contribution in [-0.4, -0.2) is 14.8 Å². The summed E-state index contributed by atoms with van der Waals surface area (Å²) < 4.78 is 61.3. The van der Waals surface area contributed by atoms with Crippen molar-refractivity contribution in [2.75, 3.05) is 0 Å². The van der Waals surface area contributed by atoms with Crippen molar-refractivity contribution in [1.29, 1.82) is 0 Å². The van der Waals surface area contributed by atoms with Crippen molar-refractivity contribution >= 4 is 0 Å². The number of benzene rings is 2. The minimum absolute atomic E-state index is 0.0405. The van der Waals surface area contributed by atoms with E-state index in [0.717, 1.165) is 12.5 Å². The van der Waals surface area contributed by atoms with Gasteiger partial charge >= 0.3 is 6.18 Å². The van der Waals surface area contributed by atoms with Crippen LogP contribution in [0.25, 0.3) is 0 Å². The maximum atomic E-state index is 13.8. The summed E-state index contributed by atoms with van der Waals surface area (Å²) in [5, 5.41) is 4.01. The fraction of sp³-hybridized carbons (Fsp3) is 0.300. The lowest BCUT2D eigenvalue weighted by molar-refractivity contribution is -0.138. The third-order valence-electron chi connectivity index (χ3n) is 4.33. The maximum absolute atomic E-state index is 13.8. The smallest absolute Gasteiger partial charge is 0.416 e. The molecule has 0 aliphatic rings. The molecule has 0 fully saturated rings. The largest absolute Gasteiger partial charge is 0.457 e. The highest BCUT2D eigenvalue weighted by Crippen LogP contribution is 2.40. The van der Waals surface area contributed by atoms with Crippen LogP contribution in [0.5, 0.6) is 11.5 Å². The molecule has 1 unspecified atom stereocenters. The van der Waals surface area contributed by atoms with Gasteiger partial charge in [-0.05, 0) is 48.4 Å². The van der Waals surface area contributed by atoms with Crippen molar-refractivity contribution in [1.82, 2.24) is 14.8 Å².